The summed E-state index contributed by atoms with van der Waals surface area (Å²) in [6.07, 6.45) is 11.0. The monoisotopic (exact) mass is 867 g/mol. The van der Waals surface area contributed by atoms with Crippen molar-refractivity contribution in [3.63, 3.8) is 0 Å². The van der Waals surface area contributed by atoms with Crippen LogP contribution in [-0.2, 0) is 25.7 Å². The molecule has 0 N–H and O–H groups in total. The number of carbonyl (C=O) groups is 1. The number of non-ortho nitro benzene ring substituents is 3. The van der Waals surface area contributed by atoms with Crippen LogP contribution in [0.2, 0.25) is 0 Å². The van der Waals surface area contributed by atoms with Crippen LogP contribution in [0.3, 0.4) is 0 Å². The number of nitro benzene ring substituents is 3. The third kappa shape index (κ3) is 13.0. The van der Waals surface area contributed by atoms with Gasteiger partial charge in [-0.3, -0.25) is 35.1 Å². The lowest BCUT2D eigenvalue weighted by Gasteiger charge is -2.23. The second kappa shape index (κ2) is 24.0. The molecule has 63 heavy (non-hydrogen) atoms. The number of ether oxygens (including phenoxy) is 4. The first kappa shape index (κ1) is 48.0. The Balaban J connectivity index is 1.91. The van der Waals surface area contributed by atoms with Crippen LogP contribution in [0, 0.1) is 30.3 Å². The van der Waals surface area contributed by atoms with E-state index < -0.39 is 14.8 Å². The highest BCUT2D eigenvalue weighted by atomic mass is 16.6. The van der Waals surface area contributed by atoms with Gasteiger partial charge in [0.1, 0.15) is 29.3 Å². The van der Waals surface area contributed by atoms with Gasteiger partial charge in [-0.05, 0) is 48.9 Å². The first-order valence-electron chi connectivity index (χ1n) is 22.5. The molecule has 5 rings (SSSR count). The third-order valence-corrected chi connectivity index (χ3v) is 11.2. The van der Waals surface area contributed by atoms with Crippen LogP contribution in [0.15, 0.2) is 48.5 Å². The van der Waals surface area contributed by atoms with Crippen LogP contribution in [0.1, 0.15) is 160 Å². The molecular formula is C49H61N3O11. The minimum atomic E-state index is -0.493. The van der Waals surface area contributed by atoms with Gasteiger partial charge in [0.05, 0.1) is 41.2 Å². The van der Waals surface area contributed by atoms with E-state index in [1.807, 2.05) is 0 Å². The van der Waals surface area contributed by atoms with Gasteiger partial charge < -0.3 is 18.9 Å². The van der Waals surface area contributed by atoms with E-state index in [1.54, 1.807) is 12.1 Å². The maximum Gasteiger partial charge on any atom is 0.270 e. The summed E-state index contributed by atoms with van der Waals surface area (Å²) < 4.78 is 26.4. The summed E-state index contributed by atoms with van der Waals surface area (Å²) in [5.74, 6) is 1.66. The Morgan fingerprint density at radius 2 is 0.635 bits per heavy atom. The van der Waals surface area contributed by atoms with E-state index in [2.05, 4.69) is 27.7 Å². The first-order valence-corrected chi connectivity index (χ1v) is 22.5. The zero-order valence-corrected chi connectivity index (χ0v) is 37.2. The van der Waals surface area contributed by atoms with Gasteiger partial charge in [0.25, 0.3) is 17.1 Å². The molecule has 1 aliphatic carbocycles. The zero-order chi connectivity index (χ0) is 45.3. The molecule has 14 heteroatoms. The van der Waals surface area contributed by atoms with Crippen molar-refractivity contribution >= 4 is 23.3 Å². The lowest BCUT2D eigenvalue weighted by molar-refractivity contribution is -0.385. The van der Waals surface area contributed by atoms with Gasteiger partial charge in [0, 0.05) is 101 Å². The largest absolute Gasteiger partial charge is 0.493 e. The van der Waals surface area contributed by atoms with Gasteiger partial charge in [0.15, 0.2) is 0 Å². The Morgan fingerprint density at radius 1 is 0.413 bits per heavy atom. The van der Waals surface area contributed by atoms with Crippen LogP contribution in [0.25, 0.3) is 0 Å². The van der Waals surface area contributed by atoms with Crippen molar-refractivity contribution in [2.75, 3.05) is 26.4 Å². The summed E-state index contributed by atoms with van der Waals surface area (Å²) in [7, 11) is 0. The molecular weight excluding hydrogens is 807 g/mol. The fraction of sp³-hybridized carbons (Fsp3) is 0.490. The molecule has 1 aliphatic rings. The summed E-state index contributed by atoms with van der Waals surface area (Å²) in [6.45, 7) is 9.60. The number of benzene rings is 4. The maximum absolute atomic E-state index is 12.7. The molecule has 0 saturated carbocycles. The number of nitro groups is 3. The van der Waals surface area contributed by atoms with Crippen LogP contribution in [0.5, 0.6) is 23.0 Å². The number of fused-ring (bicyclic) bond motifs is 8. The van der Waals surface area contributed by atoms with Crippen LogP contribution in [-0.4, -0.2) is 47.5 Å². The number of hydrogen-bond acceptors (Lipinski definition) is 11. The van der Waals surface area contributed by atoms with E-state index in [9.17, 15) is 35.1 Å². The molecule has 4 aromatic rings. The summed E-state index contributed by atoms with van der Waals surface area (Å²) in [4.78, 5) is 49.3. The van der Waals surface area contributed by atoms with E-state index >= 15 is 0 Å². The standard InChI is InChI=1S/C49H61N3O11/c1-5-9-13-17-60-46-35-21-34(33-53)22-36(46)24-38-28-44(51(56)57)30-40(48(38)62-19-15-11-7-3)26-42-32-45(52(58)59)31-41(49(42)63-20-16-12-8-4)25-39-29-43(50(54)55)27-37(23-35)47(39)61-18-14-10-6-2/h21-22,27-33H,5-20,23-26H2,1-4H3. The predicted molar refractivity (Wildman–Crippen MR) is 242 cm³/mol. The highest BCUT2D eigenvalue weighted by Crippen LogP contribution is 2.43. The molecule has 0 aliphatic heterocycles. The number of aldehydes is 1. The molecule has 0 heterocycles. The van der Waals surface area contributed by atoms with Crippen LogP contribution in [0.4, 0.5) is 17.1 Å². The lowest BCUT2D eigenvalue weighted by Crippen LogP contribution is -2.12. The molecule has 338 valence electrons. The quantitative estimate of drug-likeness (QED) is 0.0249. The van der Waals surface area contributed by atoms with Crippen molar-refractivity contribution in [3.8, 4) is 23.0 Å². The molecule has 0 amide bonds. The van der Waals surface area contributed by atoms with Crippen molar-refractivity contribution in [2.45, 2.75) is 130 Å². The van der Waals surface area contributed by atoms with E-state index in [0.717, 1.165) is 76.9 Å². The Morgan fingerprint density at radius 3 is 0.825 bits per heavy atom. The minimum absolute atomic E-state index is 0.0316. The summed E-state index contributed by atoms with van der Waals surface area (Å²) in [5.41, 5.74) is 3.52. The Bertz CT molecular complexity index is 2110. The molecule has 8 bridgehead atoms. The number of unbranched alkanes of at least 4 members (excludes halogenated alkanes) is 8. The van der Waals surface area contributed by atoms with E-state index in [4.69, 9.17) is 18.9 Å². The molecule has 14 nitrogen and oxygen atoms in total. The molecule has 0 unspecified atom stereocenters. The summed E-state index contributed by atoms with van der Waals surface area (Å²) in [6, 6.07) is 12.2. The Hall–Kier alpha value is -6.05. The van der Waals surface area contributed by atoms with E-state index in [1.165, 1.54) is 36.4 Å². The third-order valence-electron chi connectivity index (χ3n) is 11.2. The minimum Gasteiger partial charge on any atom is -0.493 e. The molecule has 0 fully saturated rings. The average molecular weight is 868 g/mol. The average Bonchev–Trinajstić information content (AvgIpc) is 3.25. The lowest BCUT2D eigenvalue weighted by atomic mass is 9.89. The zero-order valence-electron chi connectivity index (χ0n) is 37.2. The van der Waals surface area contributed by atoms with Crippen LogP contribution < -0.4 is 18.9 Å². The molecule has 0 aromatic heterocycles. The molecule has 0 atom stereocenters. The van der Waals surface area contributed by atoms with Gasteiger partial charge in [0.2, 0.25) is 0 Å². The molecule has 0 saturated heterocycles. The van der Waals surface area contributed by atoms with Gasteiger partial charge in [-0.25, -0.2) is 0 Å². The van der Waals surface area contributed by atoms with Gasteiger partial charge in [-0.15, -0.1) is 0 Å². The fourth-order valence-electron chi connectivity index (χ4n) is 8.09. The second-order valence-corrected chi connectivity index (χ2v) is 16.3. The normalized spacial score (nSPS) is 12.1. The summed E-state index contributed by atoms with van der Waals surface area (Å²) >= 11 is 0. The summed E-state index contributed by atoms with van der Waals surface area (Å²) in [5, 5.41) is 38.0. The van der Waals surface area contributed by atoms with Crippen molar-refractivity contribution in [1.29, 1.82) is 0 Å². The fourth-order valence-corrected chi connectivity index (χ4v) is 8.09. The Labute approximate surface area is 369 Å². The highest BCUT2D eigenvalue weighted by molar-refractivity contribution is 5.77. The van der Waals surface area contributed by atoms with Gasteiger partial charge in [-0.1, -0.05) is 79.1 Å². The highest BCUT2D eigenvalue weighted by Gasteiger charge is 2.28. The number of hydrogen-bond donors (Lipinski definition) is 0. The topological polar surface area (TPSA) is 183 Å². The number of carbonyl (C=O) groups excluding carboxylic acids is 1. The number of rotatable bonds is 24. The maximum atomic E-state index is 12.7. The van der Waals surface area contributed by atoms with Gasteiger partial charge in [-0.2, -0.15) is 0 Å². The smallest absolute Gasteiger partial charge is 0.270 e. The Kier molecular flexibility index (Phi) is 18.3. The molecule has 0 radical (unpaired) electrons. The molecule has 0 spiro atoms. The van der Waals surface area contributed by atoms with Gasteiger partial charge >= 0.3 is 0 Å². The van der Waals surface area contributed by atoms with Crippen molar-refractivity contribution in [1.82, 2.24) is 0 Å². The second-order valence-electron chi connectivity index (χ2n) is 16.3. The first-order chi connectivity index (χ1) is 30.5. The van der Waals surface area contributed by atoms with Crippen molar-refractivity contribution < 1.29 is 38.5 Å². The van der Waals surface area contributed by atoms with E-state index in [0.29, 0.717) is 106 Å². The van der Waals surface area contributed by atoms with Crippen molar-refractivity contribution in [2.24, 2.45) is 0 Å². The predicted octanol–water partition coefficient (Wildman–Crippen LogP) is 12.2. The van der Waals surface area contributed by atoms with Crippen LogP contribution >= 0.6 is 0 Å². The van der Waals surface area contributed by atoms with Crippen molar-refractivity contribution in [3.05, 3.63) is 129 Å². The van der Waals surface area contributed by atoms with E-state index in [-0.39, 0.29) is 42.7 Å². The number of nitrogens with zero attached hydrogens (tertiary/aromatic N) is 3. The SMILES string of the molecule is CCCCCOc1c2cc(C=O)cc1Cc1cc([N+](=O)[O-])cc(c1OCCCCC)Cc1cc([N+](=O)[O-])cc(c1OCCCCC)Cc1cc([N+](=O)[O-])cc(c1OCCCCC)C2. The molecule has 4 aromatic carbocycles.